The molecule has 2 amide bonds. The predicted molar refractivity (Wildman–Crippen MR) is 97.0 cm³/mol. The summed E-state index contributed by atoms with van der Waals surface area (Å²) in [5, 5.41) is 5.66. The molecule has 1 saturated carbocycles. The number of carbonyl (C=O) groups excluding carboxylic acids is 1. The van der Waals surface area contributed by atoms with Crippen LogP contribution in [0.2, 0.25) is 0 Å². The Balaban J connectivity index is 1.49. The van der Waals surface area contributed by atoms with Gasteiger partial charge in [-0.15, -0.1) is 0 Å². The van der Waals surface area contributed by atoms with Gasteiger partial charge in [0.05, 0.1) is 7.11 Å². The molecule has 3 rings (SSSR count). The van der Waals surface area contributed by atoms with Gasteiger partial charge in [-0.2, -0.15) is 0 Å². The van der Waals surface area contributed by atoms with Crippen LogP contribution in [-0.2, 0) is 13.1 Å². The highest BCUT2D eigenvalue weighted by molar-refractivity contribution is 5.73. The van der Waals surface area contributed by atoms with E-state index in [1.807, 2.05) is 18.2 Å². The first kappa shape index (κ1) is 18.0. The van der Waals surface area contributed by atoms with Crippen molar-refractivity contribution in [1.29, 1.82) is 0 Å². The van der Waals surface area contributed by atoms with Crippen LogP contribution in [-0.4, -0.2) is 29.2 Å². The molecular formula is C19H24N4O3. The number of urea groups is 1. The zero-order valence-corrected chi connectivity index (χ0v) is 14.9. The Bertz CT molecular complexity index is 732. The Labute approximate surface area is 153 Å². The third-order valence-electron chi connectivity index (χ3n) is 4.33. The molecule has 1 aliphatic carbocycles. The summed E-state index contributed by atoms with van der Waals surface area (Å²) in [4.78, 5) is 20.4. The zero-order valence-electron chi connectivity index (χ0n) is 14.9. The van der Waals surface area contributed by atoms with Gasteiger partial charge in [0.2, 0.25) is 11.8 Å². The predicted octanol–water partition coefficient (Wildman–Crippen LogP) is 2.81. The van der Waals surface area contributed by atoms with E-state index in [0.717, 1.165) is 24.0 Å². The molecule has 2 aromatic heterocycles. The Morgan fingerprint density at radius 3 is 2.77 bits per heavy atom. The van der Waals surface area contributed by atoms with Gasteiger partial charge in [-0.1, -0.05) is 6.07 Å². The fraction of sp³-hybridized carbons (Fsp3) is 0.421. The van der Waals surface area contributed by atoms with E-state index in [0.29, 0.717) is 24.8 Å². The Morgan fingerprint density at radius 2 is 1.96 bits per heavy atom. The molecule has 26 heavy (non-hydrogen) atoms. The number of nitrogens with zero attached hydrogens (tertiary/aromatic N) is 2. The van der Waals surface area contributed by atoms with Crippen LogP contribution in [0.4, 0.5) is 4.79 Å². The van der Waals surface area contributed by atoms with E-state index in [2.05, 4.69) is 20.6 Å². The maximum absolute atomic E-state index is 12.1. The van der Waals surface area contributed by atoms with Crippen LogP contribution in [0.25, 0.3) is 0 Å². The van der Waals surface area contributed by atoms with E-state index in [-0.39, 0.29) is 12.1 Å². The molecule has 1 aliphatic rings. The van der Waals surface area contributed by atoms with Crippen LogP contribution >= 0.6 is 0 Å². The summed E-state index contributed by atoms with van der Waals surface area (Å²) in [7, 11) is 1.56. The van der Waals surface area contributed by atoms with Crippen molar-refractivity contribution in [2.24, 2.45) is 0 Å². The zero-order chi connectivity index (χ0) is 18.2. The van der Waals surface area contributed by atoms with Gasteiger partial charge in [0, 0.05) is 37.1 Å². The molecule has 0 aromatic carbocycles. The van der Waals surface area contributed by atoms with Gasteiger partial charge in [-0.05, 0) is 43.4 Å². The lowest BCUT2D eigenvalue weighted by Gasteiger charge is -2.15. The summed E-state index contributed by atoms with van der Waals surface area (Å²) in [6.07, 6.45) is 8.14. The first-order valence-electron chi connectivity index (χ1n) is 8.86. The molecule has 0 saturated heterocycles. The highest BCUT2D eigenvalue weighted by Gasteiger charge is 2.18. The fourth-order valence-electron chi connectivity index (χ4n) is 2.92. The van der Waals surface area contributed by atoms with Crippen molar-refractivity contribution >= 4 is 6.03 Å². The smallest absolute Gasteiger partial charge is 0.315 e. The molecule has 0 atom stereocenters. The second kappa shape index (κ2) is 9.03. The van der Waals surface area contributed by atoms with E-state index in [9.17, 15) is 4.79 Å². The van der Waals surface area contributed by atoms with E-state index in [1.165, 1.54) is 12.8 Å². The lowest BCUT2D eigenvalue weighted by atomic mass is 10.2. The average Bonchev–Trinajstić information content (AvgIpc) is 3.19. The van der Waals surface area contributed by atoms with E-state index >= 15 is 0 Å². The molecule has 138 valence electrons. The molecule has 0 spiro atoms. The number of hydrogen-bond acceptors (Lipinski definition) is 5. The van der Waals surface area contributed by atoms with Crippen LogP contribution in [0.3, 0.4) is 0 Å². The highest BCUT2D eigenvalue weighted by atomic mass is 16.5. The molecule has 0 radical (unpaired) electrons. The molecule has 7 nitrogen and oxygen atoms in total. The second-order valence-corrected chi connectivity index (χ2v) is 6.23. The molecule has 2 N–H and O–H groups in total. The van der Waals surface area contributed by atoms with Crippen molar-refractivity contribution in [2.75, 3.05) is 7.11 Å². The van der Waals surface area contributed by atoms with Crippen molar-refractivity contribution in [3.8, 4) is 11.8 Å². The summed E-state index contributed by atoms with van der Waals surface area (Å²) in [6.45, 7) is 0.755. The summed E-state index contributed by atoms with van der Waals surface area (Å²) in [5.41, 5.74) is 1.79. The number of nitrogens with one attached hydrogen (secondary N) is 2. The van der Waals surface area contributed by atoms with Crippen molar-refractivity contribution in [3.05, 3.63) is 47.8 Å². The number of pyridine rings is 2. The van der Waals surface area contributed by atoms with Gasteiger partial charge in [0.25, 0.3) is 0 Å². The number of carbonyl (C=O) groups is 1. The summed E-state index contributed by atoms with van der Waals surface area (Å²) in [6, 6.07) is 7.13. The number of methoxy groups -OCH3 is 1. The topological polar surface area (TPSA) is 85.4 Å². The molecule has 2 heterocycles. The number of ether oxygens (including phenoxy) is 2. The second-order valence-electron chi connectivity index (χ2n) is 6.23. The normalized spacial score (nSPS) is 14.0. The summed E-state index contributed by atoms with van der Waals surface area (Å²) in [5.74, 6) is 1.13. The quantitative estimate of drug-likeness (QED) is 0.797. The lowest BCUT2D eigenvalue weighted by molar-refractivity contribution is 0.198. The number of amides is 2. The number of aromatic nitrogens is 2. The summed E-state index contributed by atoms with van der Waals surface area (Å²) < 4.78 is 11.1. The van der Waals surface area contributed by atoms with E-state index in [1.54, 1.807) is 25.6 Å². The van der Waals surface area contributed by atoms with Crippen molar-refractivity contribution < 1.29 is 14.3 Å². The SMILES string of the molecule is COc1cc(CNC(=O)NCc2cccnc2OC2CCCC2)ccn1. The van der Waals surface area contributed by atoms with Gasteiger partial charge in [-0.3, -0.25) is 0 Å². The third-order valence-corrected chi connectivity index (χ3v) is 4.33. The lowest BCUT2D eigenvalue weighted by Crippen LogP contribution is -2.34. The Morgan fingerprint density at radius 1 is 1.15 bits per heavy atom. The summed E-state index contributed by atoms with van der Waals surface area (Å²) >= 11 is 0. The monoisotopic (exact) mass is 356 g/mol. The number of rotatable bonds is 7. The van der Waals surface area contributed by atoms with Crippen LogP contribution in [0.15, 0.2) is 36.7 Å². The van der Waals surface area contributed by atoms with Crippen molar-refractivity contribution in [2.45, 2.75) is 44.9 Å². The minimum atomic E-state index is -0.253. The highest BCUT2D eigenvalue weighted by Crippen LogP contribution is 2.24. The molecule has 0 bridgehead atoms. The van der Waals surface area contributed by atoms with Gasteiger partial charge < -0.3 is 20.1 Å². The van der Waals surface area contributed by atoms with E-state index < -0.39 is 0 Å². The largest absolute Gasteiger partial charge is 0.481 e. The minimum absolute atomic E-state index is 0.235. The molecule has 2 aromatic rings. The molecule has 0 aliphatic heterocycles. The van der Waals surface area contributed by atoms with Crippen LogP contribution in [0.1, 0.15) is 36.8 Å². The van der Waals surface area contributed by atoms with Gasteiger partial charge >= 0.3 is 6.03 Å². The third kappa shape index (κ3) is 5.08. The maximum Gasteiger partial charge on any atom is 0.315 e. The first-order chi connectivity index (χ1) is 12.7. The van der Waals surface area contributed by atoms with E-state index in [4.69, 9.17) is 9.47 Å². The van der Waals surface area contributed by atoms with Crippen LogP contribution < -0.4 is 20.1 Å². The van der Waals surface area contributed by atoms with Crippen molar-refractivity contribution in [1.82, 2.24) is 20.6 Å². The van der Waals surface area contributed by atoms with Crippen LogP contribution in [0, 0.1) is 0 Å². The first-order valence-corrected chi connectivity index (χ1v) is 8.86. The van der Waals surface area contributed by atoms with Gasteiger partial charge in [0.15, 0.2) is 0 Å². The van der Waals surface area contributed by atoms with Crippen molar-refractivity contribution in [3.63, 3.8) is 0 Å². The maximum atomic E-state index is 12.1. The fourth-order valence-corrected chi connectivity index (χ4v) is 2.92. The molecular weight excluding hydrogens is 332 g/mol. The number of hydrogen-bond donors (Lipinski definition) is 2. The standard InChI is InChI=1S/C19H24N4O3/c1-25-17-11-14(8-10-20-17)12-22-19(24)23-13-15-5-4-9-21-18(15)26-16-6-2-3-7-16/h4-5,8-11,16H,2-3,6-7,12-13H2,1H3,(H2,22,23,24). The molecule has 7 heteroatoms. The Hall–Kier alpha value is -2.83. The minimum Gasteiger partial charge on any atom is -0.481 e. The van der Waals surface area contributed by atoms with Crippen LogP contribution in [0.5, 0.6) is 11.8 Å². The molecule has 0 unspecified atom stereocenters. The Kier molecular flexibility index (Phi) is 6.24. The van der Waals surface area contributed by atoms with Gasteiger partial charge in [-0.25, -0.2) is 14.8 Å². The molecule has 1 fully saturated rings. The van der Waals surface area contributed by atoms with Gasteiger partial charge in [0.1, 0.15) is 6.10 Å². The average molecular weight is 356 g/mol.